The topological polar surface area (TPSA) is 65.2 Å². The number of esters is 1. The number of ether oxygens (including phenoxy) is 1. The average molecular weight is 452 g/mol. The van der Waals surface area contributed by atoms with Crippen molar-refractivity contribution in [1.82, 2.24) is 10.1 Å². The number of rotatable bonds is 6. The smallest absolute Gasteiger partial charge is 0.334 e. The zero-order chi connectivity index (χ0) is 22.7. The van der Waals surface area contributed by atoms with Gasteiger partial charge in [-0.25, -0.2) is 4.79 Å². The number of halogens is 5. The van der Waals surface area contributed by atoms with Crippen molar-refractivity contribution in [1.29, 1.82) is 0 Å². The summed E-state index contributed by atoms with van der Waals surface area (Å²) in [5.74, 6) is -0.305. The van der Waals surface area contributed by atoms with Gasteiger partial charge in [0.05, 0.1) is 11.8 Å². The number of carbonyl (C=O) groups is 1. The van der Waals surface area contributed by atoms with Gasteiger partial charge in [-0.2, -0.15) is 4.98 Å². The molecule has 0 aliphatic heterocycles. The lowest BCUT2D eigenvalue weighted by atomic mass is 9.95. The summed E-state index contributed by atoms with van der Waals surface area (Å²) in [5.41, 5.74) is -1.01. The Morgan fingerprint density at radius 2 is 1.73 bits per heavy atom. The van der Waals surface area contributed by atoms with Crippen molar-refractivity contribution in [2.24, 2.45) is 0 Å². The second-order valence-electron chi connectivity index (χ2n) is 8.37. The quantitative estimate of drug-likeness (QED) is 0.295. The van der Waals surface area contributed by atoms with E-state index in [0.717, 1.165) is 12.1 Å². The molecule has 1 aliphatic rings. The predicted octanol–water partition coefficient (Wildman–Crippen LogP) is 6.25. The highest BCUT2D eigenvalue weighted by atomic mass is 32.5. The number of hydrogen-bond donors (Lipinski definition) is 0. The summed E-state index contributed by atoms with van der Waals surface area (Å²) in [4.78, 5) is 14.3. The van der Waals surface area contributed by atoms with Crippen LogP contribution < -0.4 is 0 Å². The molecule has 1 fully saturated rings. The van der Waals surface area contributed by atoms with E-state index in [-0.39, 0.29) is 23.7 Å². The van der Waals surface area contributed by atoms with Crippen molar-refractivity contribution in [2.45, 2.75) is 55.9 Å². The van der Waals surface area contributed by atoms with Gasteiger partial charge in [-0.05, 0) is 51.3 Å². The molecule has 0 atom stereocenters. The Morgan fingerprint density at radius 3 is 2.20 bits per heavy atom. The van der Waals surface area contributed by atoms with Gasteiger partial charge in [0.15, 0.2) is 5.82 Å². The van der Waals surface area contributed by atoms with Crippen molar-refractivity contribution in [3.63, 3.8) is 0 Å². The minimum atomic E-state index is -9.73. The highest BCUT2D eigenvalue weighted by Crippen LogP contribution is 3.02. The van der Waals surface area contributed by atoms with Crippen LogP contribution in [-0.2, 0) is 21.4 Å². The molecule has 0 spiro atoms. The first-order chi connectivity index (χ1) is 13.4. The van der Waals surface area contributed by atoms with Crippen molar-refractivity contribution >= 4 is 16.2 Å². The Labute approximate surface area is 170 Å². The average Bonchev–Trinajstić information content (AvgIpc) is 3.25. The first kappa shape index (κ1) is 22.3. The third-order valence-corrected chi connectivity index (χ3v) is 5.71. The predicted molar refractivity (Wildman–Crippen MR) is 101 cm³/mol. The third-order valence-electron chi connectivity index (χ3n) is 4.55. The van der Waals surface area contributed by atoms with Crippen molar-refractivity contribution in [3.05, 3.63) is 53.7 Å². The second-order valence-corrected chi connectivity index (χ2v) is 10.8. The molecule has 30 heavy (non-hydrogen) atoms. The molecule has 0 unspecified atom stereocenters. The zero-order valence-electron chi connectivity index (χ0n) is 16.6. The Hall–Kier alpha value is -2.43. The fourth-order valence-corrected chi connectivity index (χ4v) is 3.57. The van der Waals surface area contributed by atoms with Gasteiger partial charge in [-0.15, -0.1) is 0 Å². The molecular formula is C19H21F5N2O3S. The fraction of sp³-hybridized carbons (Fsp3) is 0.421. The van der Waals surface area contributed by atoms with Crippen LogP contribution >= 0.6 is 10.2 Å². The van der Waals surface area contributed by atoms with Crippen LogP contribution in [0.15, 0.2) is 45.8 Å². The molecule has 3 rings (SSSR count). The Balaban J connectivity index is 1.77. The van der Waals surface area contributed by atoms with E-state index in [9.17, 15) is 24.2 Å². The van der Waals surface area contributed by atoms with E-state index in [1.807, 2.05) is 0 Å². The first-order valence-corrected chi connectivity index (χ1v) is 10.9. The molecule has 1 aromatic carbocycles. The molecule has 0 amide bonds. The highest BCUT2D eigenvalue weighted by molar-refractivity contribution is 8.45. The number of benzene rings is 1. The fourth-order valence-electron chi connectivity index (χ4n) is 2.92. The minimum Gasteiger partial charge on any atom is -0.457 e. The van der Waals surface area contributed by atoms with Crippen LogP contribution in [0.5, 0.6) is 0 Å². The van der Waals surface area contributed by atoms with Gasteiger partial charge in [0.2, 0.25) is 5.89 Å². The lowest BCUT2D eigenvalue weighted by molar-refractivity contribution is -0.150. The second kappa shape index (κ2) is 6.05. The van der Waals surface area contributed by atoms with E-state index < -0.39 is 32.1 Å². The van der Waals surface area contributed by atoms with Crippen molar-refractivity contribution in [2.75, 3.05) is 0 Å². The Bertz CT molecular complexity index is 1000. The standard InChI is InChI=1S/C19H21F5N2O3S/c1-12(16(27)28-18(2,3)4)11-15-25-17(26-29-15)19(9-10-19)13-5-7-14(8-6-13)30(20,21,22,23)24/h5-8H,1,9-11H2,2-4H3. The number of carbonyl (C=O) groups excluding carboxylic acids is 1. The van der Waals surface area contributed by atoms with Crippen molar-refractivity contribution in [3.8, 4) is 0 Å². The lowest BCUT2D eigenvalue weighted by Crippen LogP contribution is -2.25. The maximum atomic E-state index is 12.9. The summed E-state index contributed by atoms with van der Waals surface area (Å²) in [6.45, 7) is 8.78. The molecule has 0 bridgehead atoms. The molecular weight excluding hydrogens is 431 g/mol. The summed E-state index contributed by atoms with van der Waals surface area (Å²) in [6.07, 6.45) is 0.991. The van der Waals surface area contributed by atoms with E-state index in [1.54, 1.807) is 20.8 Å². The first-order valence-electron chi connectivity index (χ1n) is 8.98. The maximum absolute atomic E-state index is 12.9. The third kappa shape index (κ3) is 4.82. The van der Waals surface area contributed by atoms with E-state index in [0.29, 0.717) is 30.5 Å². The molecule has 1 heterocycles. The molecule has 0 N–H and O–H groups in total. The van der Waals surface area contributed by atoms with Crippen LogP contribution in [0, 0.1) is 0 Å². The minimum absolute atomic E-state index is 0.0544. The summed E-state index contributed by atoms with van der Waals surface area (Å²) in [5, 5.41) is 3.87. The van der Waals surface area contributed by atoms with Gasteiger partial charge >= 0.3 is 16.2 Å². The number of hydrogen-bond acceptors (Lipinski definition) is 5. The largest absolute Gasteiger partial charge is 0.457 e. The normalized spacial score (nSPS) is 18.3. The summed E-state index contributed by atoms with van der Waals surface area (Å²) in [6, 6.07) is 2.77. The lowest BCUT2D eigenvalue weighted by Gasteiger charge is -2.40. The van der Waals surface area contributed by atoms with E-state index in [4.69, 9.17) is 9.26 Å². The number of aromatic nitrogens is 2. The molecule has 11 heteroatoms. The zero-order valence-corrected chi connectivity index (χ0v) is 17.4. The van der Waals surface area contributed by atoms with Gasteiger partial charge < -0.3 is 9.26 Å². The summed E-state index contributed by atoms with van der Waals surface area (Å²) < 4.78 is 75.0. The Kier molecular flexibility index (Phi) is 4.49. The monoisotopic (exact) mass is 452 g/mol. The molecule has 5 nitrogen and oxygen atoms in total. The molecule has 1 aliphatic carbocycles. The van der Waals surface area contributed by atoms with Gasteiger partial charge in [0.1, 0.15) is 10.5 Å². The molecule has 1 aromatic heterocycles. The van der Waals surface area contributed by atoms with Crippen LogP contribution in [0.2, 0.25) is 0 Å². The van der Waals surface area contributed by atoms with E-state index in [2.05, 4.69) is 16.7 Å². The van der Waals surface area contributed by atoms with Crippen LogP contribution in [0.4, 0.5) is 19.4 Å². The molecule has 166 valence electrons. The Morgan fingerprint density at radius 1 is 1.17 bits per heavy atom. The molecule has 0 saturated heterocycles. The van der Waals surface area contributed by atoms with Gasteiger partial charge in [-0.3, -0.25) is 0 Å². The molecule has 2 aromatic rings. The molecule has 0 radical (unpaired) electrons. The summed E-state index contributed by atoms with van der Waals surface area (Å²) >= 11 is 0. The SMILES string of the molecule is C=C(Cc1nc(C2(c3ccc(S(F)(F)(F)(F)F)cc3)CC2)no1)C(=O)OC(C)(C)C. The molecule has 1 saturated carbocycles. The number of nitrogens with zero attached hydrogens (tertiary/aromatic N) is 2. The van der Waals surface area contributed by atoms with E-state index in [1.165, 1.54) is 0 Å². The van der Waals surface area contributed by atoms with Crippen LogP contribution in [0.3, 0.4) is 0 Å². The maximum Gasteiger partial charge on any atom is 0.334 e. The van der Waals surface area contributed by atoms with Gasteiger partial charge in [0.25, 0.3) is 0 Å². The van der Waals surface area contributed by atoms with E-state index >= 15 is 0 Å². The van der Waals surface area contributed by atoms with Gasteiger partial charge in [-0.1, -0.05) is 43.3 Å². The van der Waals surface area contributed by atoms with Gasteiger partial charge in [0, 0.05) is 5.57 Å². The summed E-state index contributed by atoms with van der Waals surface area (Å²) in [7, 11) is -9.73. The van der Waals surface area contributed by atoms with Crippen LogP contribution in [0.1, 0.15) is 50.9 Å². The van der Waals surface area contributed by atoms with Crippen molar-refractivity contribution < 1.29 is 33.5 Å². The van der Waals surface area contributed by atoms with Crippen LogP contribution in [-0.4, -0.2) is 21.7 Å². The highest BCUT2D eigenvalue weighted by Gasteiger charge is 2.65. The van der Waals surface area contributed by atoms with Crippen LogP contribution in [0.25, 0.3) is 0 Å².